The van der Waals surface area contributed by atoms with Crippen LogP contribution < -0.4 is 0 Å². The van der Waals surface area contributed by atoms with Crippen molar-refractivity contribution in [3.8, 4) is 45.2 Å². The Morgan fingerprint density at radius 3 is 2.02 bits per heavy atom. The van der Waals surface area contributed by atoms with Crippen molar-refractivity contribution in [3.05, 3.63) is 133 Å². The zero-order valence-corrected chi connectivity index (χ0v) is 27.3. The fraction of sp³-hybridized carbons (Fsp3) is 0.190. The third-order valence-electron chi connectivity index (χ3n) is 8.86. The van der Waals surface area contributed by atoms with E-state index in [1.54, 1.807) is 0 Å². The van der Waals surface area contributed by atoms with E-state index < -0.39 is 0 Å². The van der Waals surface area contributed by atoms with Crippen molar-refractivity contribution in [3.63, 3.8) is 0 Å². The number of hydrogen-bond donors (Lipinski definition) is 1. The van der Waals surface area contributed by atoms with Crippen molar-refractivity contribution >= 4 is 21.8 Å². The lowest BCUT2D eigenvalue weighted by Gasteiger charge is -2.27. The van der Waals surface area contributed by atoms with Crippen molar-refractivity contribution in [2.45, 2.75) is 52.4 Å². The molecule has 0 aliphatic heterocycles. The van der Waals surface area contributed by atoms with Gasteiger partial charge in [0.2, 0.25) is 0 Å². The zero-order valence-electron chi connectivity index (χ0n) is 27.3. The average Bonchev–Trinajstić information content (AvgIpc) is 3.37. The van der Waals surface area contributed by atoms with Gasteiger partial charge in [-0.15, -0.1) is 0 Å². The molecule has 0 bridgehead atoms. The molecule has 4 heteroatoms. The third-order valence-corrected chi connectivity index (χ3v) is 8.86. The number of phenols is 1. The van der Waals surface area contributed by atoms with Gasteiger partial charge in [0.1, 0.15) is 11.6 Å². The maximum Gasteiger partial charge on any atom is 0.138 e. The van der Waals surface area contributed by atoms with E-state index in [1.165, 1.54) is 16.7 Å². The van der Waals surface area contributed by atoms with Crippen LogP contribution in [0.4, 0.5) is 0 Å². The minimum Gasteiger partial charge on any atom is -0.507 e. The fourth-order valence-corrected chi connectivity index (χ4v) is 6.30. The highest BCUT2D eigenvalue weighted by atomic mass is 16.3. The van der Waals surface area contributed by atoms with E-state index in [0.29, 0.717) is 0 Å². The molecule has 1 N–H and O–H groups in total. The molecular weight excluding hydrogens is 562 g/mol. The second-order valence-electron chi connectivity index (χ2n) is 14.2. The summed E-state index contributed by atoms with van der Waals surface area (Å²) in [6.45, 7) is 13.1. The Kier molecular flexibility index (Phi) is 7.05. The highest BCUT2D eigenvalue weighted by Gasteiger charge is 2.26. The van der Waals surface area contributed by atoms with E-state index in [9.17, 15) is 5.11 Å². The van der Waals surface area contributed by atoms with E-state index >= 15 is 0 Å². The van der Waals surface area contributed by atoms with Gasteiger partial charge < -0.3 is 5.11 Å². The molecule has 46 heavy (non-hydrogen) atoms. The molecule has 0 saturated carbocycles. The number of rotatable bonds is 4. The molecule has 4 aromatic carbocycles. The zero-order chi connectivity index (χ0) is 32.2. The number of pyridine rings is 2. The van der Waals surface area contributed by atoms with Gasteiger partial charge in [0.05, 0.1) is 22.4 Å². The SMILES string of the molecule is CC(C)(C)c1cc(-c2cccc(-n3c4ccc(-c5ccccc5)cc4c4ccc(-c5ccccn5)cc43)n2)c(O)c(C(C)(C)C)c1. The van der Waals surface area contributed by atoms with Crippen LogP contribution in [0.2, 0.25) is 0 Å². The number of phenolic OH excluding ortho intramolecular Hbond substituents is 1. The van der Waals surface area contributed by atoms with E-state index in [0.717, 1.165) is 55.7 Å². The molecule has 3 heterocycles. The molecule has 0 spiro atoms. The predicted molar refractivity (Wildman–Crippen MR) is 192 cm³/mol. The van der Waals surface area contributed by atoms with Gasteiger partial charge in [-0.3, -0.25) is 9.55 Å². The molecule has 228 valence electrons. The average molecular weight is 602 g/mol. The molecule has 0 atom stereocenters. The maximum absolute atomic E-state index is 11.7. The molecule has 0 aliphatic carbocycles. The first-order valence-corrected chi connectivity index (χ1v) is 15.9. The van der Waals surface area contributed by atoms with Crippen LogP contribution in [-0.4, -0.2) is 19.6 Å². The molecular formula is C42H39N3O. The van der Waals surface area contributed by atoms with Crippen LogP contribution in [0.3, 0.4) is 0 Å². The Morgan fingerprint density at radius 2 is 1.30 bits per heavy atom. The second kappa shape index (κ2) is 11.0. The van der Waals surface area contributed by atoms with Crippen molar-refractivity contribution in [1.29, 1.82) is 0 Å². The molecule has 3 aromatic heterocycles. The summed E-state index contributed by atoms with van der Waals surface area (Å²) in [5.41, 5.74) is 9.69. The number of fused-ring (bicyclic) bond motifs is 3. The summed E-state index contributed by atoms with van der Waals surface area (Å²) < 4.78 is 2.24. The Hall–Kier alpha value is -5.22. The molecule has 0 radical (unpaired) electrons. The van der Waals surface area contributed by atoms with Gasteiger partial charge in [-0.2, -0.15) is 0 Å². The van der Waals surface area contributed by atoms with Crippen LogP contribution in [0.25, 0.3) is 61.3 Å². The molecule has 0 saturated heterocycles. The molecule has 0 fully saturated rings. The number of aromatic hydroxyl groups is 1. The number of aromatic nitrogens is 3. The van der Waals surface area contributed by atoms with Crippen molar-refractivity contribution in [1.82, 2.24) is 14.5 Å². The molecule has 0 amide bonds. The fourth-order valence-electron chi connectivity index (χ4n) is 6.30. The highest BCUT2D eigenvalue weighted by molar-refractivity contribution is 6.11. The Balaban J connectivity index is 1.48. The molecule has 0 aliphatic rings. The van der Waals surface area contributed by atoms with Gasteiger partial charge >= 0.3 is 0 Å². The Bertz CT molecular complexity index is 2220. The van der Waals surface area contributed by atoms with Crippen molar-refractivity contribution < 1.29 is 5.11 Å². The third kappa shape index (κ3) is 5.24. The summed E-state index contributed by atoms with van der Waals surface area (Å²) in [6.07, 6.45) is 1.83. The second-order valence-corrected chi connectivity index (χ2v) is 14.2. The lowest BCUT2D eigenvalue weighted by Crippen LogP contribution is -2.17. The summed E-state index contributed by atoms with van der Waals surface area (Å²) in [5.74, 6) is 1.08. The molecule has 0 unspecified atom stereocenters. The number of hydrogen-bond acceptors (Lipinski definition) is 3. The predicted octanol–water partition coefficient (Wildman–Crippen LogP) is 10.9. The first-order valence-electron chi connectivity index (χ1n) is 15.9. The smallest absolute Gasteiger partial charge is 0.138 e. The van der Waals surface area contributed by atoms with E-state index in [1.807, 2.05) is 42.6 Å². The van der Waals surface area contributed by atoms with Crippen LogP contribution >= 0.6 is 0 Å². The molecule has 7 aromatic rings. The van der Waals surface area contributed by atoms with Gasteiger partial charge in [0.15, 0.2) is 0 Å². The minimum absolute atomic E-state index is 0.0920. The van der Waals surface area contributed by atoms with E-state index in [-0.39, 0.29) is 16.6 Å². The highest BCUT2D eigenvalue weighted by Crippen LogP contribution is 2.42. The molecule has 4 nitrogen and oxygen atoms in total. The number of benzene rings is 4. The monoisotopic (exact) mass is 601 g/mol. The topological polar surface area (TPSA) is 50.9 Å². The minimum atomic E-state index is -0.233. The van der Waals surface area contributed by atoms with E-state index in [2.05, 4.69) is 130 Å². The number of nitrogens with zero attached hydrogens (tertiary/aromatic N) is 3. The van der Waals surface area contributed by atoms with Gasteiger partial charge in [0, 0.05) is 33.7 Å². The van der Waals surface area contributed by atoms with Gasteiger partial charge in [-0.05, 0) is 76.1 Å². The largest absolute Gasteiger partial charge is 0.507 e. The first-order chi connectivity index (χ1) is 22.0. The van der Waals surface area contributed by atoms with Crippen LogP contribution in [0.5, 0.6) is 5.75 Å². The van der Waals surface area contributed by atoms with Gasteiger partial charge in [0.25, 0.3) is 0 Å². The maximum atomic E-state index is 11.7. The van der Waals surface area contributed by atoms with Crippen LogP contribution in [0.15, 0.2) is 121 Å². The van der Waals surface area contributed by atoms with Crippen LogP contribution in [-0.2, 0) is 10.8 Å². The summed E-state index contributed by atoms with van der Waals surface area (Å²) in [7, 11) is 0. The summed E-state index contributed by atoms with van der Waals surface area (Å²) in [6, 6.07) is 40.1. The van der Waals surface area contributed by atoms with Crippen LogP contribution in [0, 0.1) is 0 Å². The first kappa shape index (κ1) is 29.5. The summed E-state index contributed by atoms with van der Waals surface area (Å²) in [5, 5.41) is 14.0. The normalized spacial score (nSPS) is 12.2. The summed E-state index contributed by atoms with van der Waals surface area (Å²) in [4.78, 5) is 9.90. The lowest BCUT2D eigenvalue weighted by molar-refractivity contribution is 0.446. The van der Waals surface area contributed by atoms with E-state index in [4.69, 9.17) is 4.98 Å². The van der Waals surface area contributed by atoms with Gasteiger partial charge in [-0.1, -0.05) is 108 Å². The van der Waals surface area contributed by atoms with Gasteiger partial charge in [-0.25, -0.2) is 4.98 Å². The van der Waals surface area contributed by atoms with Crippen molar-refractivity contribution in [2.75, 3.05) is 0 Å². The standard InChI is InChI=1S/C42H39N3O/c1-41(2,3)30-25-33(40(46)34(26-30)42(4,5)6)36-16-12-17-39(44-36)45-37-21-19-28(27-13-8-7-9-14-27)23-32(37)31-20-18-29(24-38(31)45)35-15-10-11-22-43-35/h7-26,46H,1-6H3. The Morgan fingerprint density at radius 1 is 0.565 bits per heavy atom. The summed E-state index contributed by atoms with van der Waals surface area (Å²) >= 11 is 0. The van der Waals surface area contributed by atoms with Crippen molar-refractivity contribution in [2.24, 2.45) is 0 Å². The molecule has 7 rings (SSSR count). The quantitative estimate of drug-likeness (QED) is 0.218. The Labute approximate surface area is 271 Å². The lowest BCUT2D eigenvalue weighted by atomic mass is 9.78. The van der Waals surface area contributed by atoms with Crippen LogP contribution in [0.1, 0.15) is 52.7 Å².